The van der Waals surface area contributed by atoms with Gasteiger partial charge in [0.15, 0.2) is 0 Å². The number of aromatic amines is 1. The first-order valence-electron chi connectivity index (χ1n) is 7.86. The normalized spacial score (nSPS) is 20.9. The highest BCUT2D eigenvalue weighted by molar-refractivity contribution is 7.71. The zero-order valence-electron chi connectivity index (χ0n) is 12.2. The minimum absolute atomic E-state index is 0.0381. The maximum Gasteiger partial charge on any atom is 0.256 e. The van der Waals surface area contributed by atoms with E-state index in [0.29, 0.717) is 22.4 Å². The number of hydrogen-bond acceptors (Lipinski definition) is 3. The van der Waals surface area contributed by atoms with Gasteiger partial charge in [0, 0.05) is 19.3 Å². The van der Waals surface area contributed by atoms with Crippen LogP contribution in [0, 0.1) is 4.64 Å². The fourth-order valence-electron chi connectivity index (χ4n) is 3.25. The Morgan fingerprint density at radius 3 is 2.52 bits per heavy atom. The second kappa shape index (κ2) is 6.71. The van der Waals surface area contributed by atoms with Crippen LogP contribution in [0.25, 0.3) is 0 Å². The number of rotatable bonds is 3. The van der Waals surface area contributed by atoms with Gasteiger partial charge in [0.1, 0.15) is 4.64 Å². The molecule has 1 aromatic heterocycles. The number of H-pyrrole nitrogens is 1. The minimum Gasteiger partial charge on any atom is -0.375 e. The lowest BCUT2D eigenvalue weighted by molar-refractivity contribution is -0.0357. The Kier molecular flexibility index (Phi) is 4.70. The van der Waals surface area contributed by atoms with Gasteiger partial charge in [-0.15, -0.1) is 0 Å². The highest BCUT2D eigenvalue weighted by atomic mass is 32.1. The summed E-state index contributed by atoms with van der Waals surface area (Å²) in [6, 6.07) is 3.61. The summed E-state index contributed by atoms with van der Waals surface area (Å²) in [5.74, 6) is 0.0381. The molecule has 4 nitrogen and oxygen atoms in total. The molecule has 0 spiro atoms. The van der Waals surface area contributed by atoms with Crippen molar-refractivity contribution >= 4 is 18.1 Å². The van der Waals surface area contributed by atoms with Gasteiger partial charge in [-0.1, -0.05) is 25.1 Å². The Morgan fingerprint density at radius 2 is 1.86 bits per heavy atom. The fourth-order valence-corrected chi connectivity index (χ4v) is 3.48. The lowest BCUT2D eigenvalue weighted by atomic mass is 10.1. The van der Waals surface area contributed by atoms with Crippen molar-refractivity contribution < 1.29 is 9.53 Å². The lowest BCUT2D eigenvalue weighted by Crippen LogP contribution is -2.41. The molecule has 1 N–H and O–H groups in total. The zero-order chi connectivity index (χ0) is 14.7. The summed E-state index contributed by atoms with van der Waals surface area (Å²) >= 11 is 5.19. The molecular weight excluding hydrogens is 284 g/mol. The standard InChI is InChI=1S/C16H22N2O2S/c19-16(14-6-3-9-17-15(14)21)18-10-7-13(8-11-18)20-12-4-1-2-5-12/h3,6,9,12-13H,1-2,4-5,7-8,10-11H2,(H,17,21). The average molecular weight is 306 g/mol. The van der Waals surface area contributed by atoms with Crippen LogP contribution in [0.5, 0.6) is 0 Å². The zero-order valence-corrected chi connectivity index (χ0v) is 13.0. The quantitative estimate of drug-likeness (QED) is 0.871. The van der Waals surface area contributed by atoms with E-state index in [1.807, 2.05) is 11.0 Å². The van der Waals surface area contributed by atoms with Gasteiger partial charge in [0.05, 0.1) is 17.8 Å². The first-order chi connectivity index (χ1) is 10.2. The monoisotopic (exact) mass is 306 g/mol. The van der Waals surface area contributed by atoms with E-state index in [0.717, 1.165) is 25.9 Å². The maximum absolute atomic E-state index is 12.5. The molecule has 2 heterocycles. The second-order valence-corrected chi connectivity index (χ2v) is 6.36. The molecule has 0 unspecified atom stereocenters. The van der Waals surface area contributed by atoms with E-state index >= 15 is 0 Å². The van der Waals surface area contributed by atoms with Crippen molar-refractivity contribution in [2.45, 2.75) is 50.7 Å². The molecule has 0 atom stereocenters. The Labute approximate surface area is 130 Å². The van der Waals surface area contributed by atoms with Gasteiger partial charge in [-0.2, -0.15) is 0 Å². The molecule has 2 fully saturated rings. The summed E-state index contributed by atoms with van der Waals surface area (Å²) in [5.41, 5.74) is 0.600. The van der Waals surface area contributed by atoms with Gasteiger partial charge in [-0.05, 0) is 37.8 Å². The Balaban J connectivity index is 1.54. The van der Waals surface area contributed by atoms with E-state index in [2.05, 4.69) is 4.98 Å². The molecule has 1 saturated heterocycles. The number of nitrogens with one attached hydrogen (secondary N) is 1. The van der Waals surface area contributed by atoms with Gasteiger partial charge in [0.2, 0.25) is 0 Å². The molecule has 3 rings (SSSR count). The number of aromatic nitrogens is 1. The van der Waals surface area contributed by atoms with Crippen LogP contribution in [0.4, 0.5) is 0 Å². The number of hydrogen-bond donors (Lipinski definition) is 1. The van der Waals surface area contributed by atoms with Crippen molar-refractivity contribution in [3.8, 4) is 0 Å². The van der Waals surface area contributed by atoms with E-state index < -0.39 is 0 Å². The summed E-state index contributed by atoms with van der Waals surface area (Å²) in [6.45, 7) is 1.53. The third-order valence-electron chi connectivity index (χ3n) is 4.46. The van der Waals surface area contributed by atoms with Crippen LogP contribution in [-0.4, -0.2) is 41.1 Å². The molecule has 5 heteroatoms. The predicted octanol–water partition coefficient (Wildman–Crippen LogP) is 3.31. The molecule has 1 amide bonds. The van der Waals surface area contributed by atoms with E-state index in [4.69, 9.17) is 17.0 Å². The van der Waals surface area contributed by atoms with Gasteiger partial charge >= 0.3 is 0 Å². The van der Waals surface area contributed by atoms with E-state index in [1.54, 1.807) is 12.3 Å². The summed E-state index contributed by atoms with van der Waals surface area (Å²) in [4.78, 5) is 17.3. The molecular formula is C16H22N2O2S. The Hall–Kier alpha value is -1.20. The van der Waals surface area contributed by atoms with Gasteiger partial charge in [-0.25, -0.2) is 0 Å². The van der Waals surface area contributed by atoms with E-state index in [-0.39, 0.29) is 5.91 Å². The third kappa shape index (κ3) is 3.52. The number of ether oxygens (including phenoxy) is 1. The van der Waals surface area contributed by atoms with Crippen LogP contribution in [-0.2, 0) is 4.74 Å². The SMILES string of the molecule is O=C(c1ccc[nH]c1=S)N1CCC(OC2CCCC2)CC1. The number of amides is 1. The number of likely N-dealkylation sites (tertiary alicyclic amines) is 1. The van der Waals surface area contributed by atoms with Gasteiger partial charge in [-0.3, -0.25) is 4.79 Å². The fraction of sp³-hybridized carbons (Fsp3) is 0.625. The maximum atomic E-state index is 12.5. The number of pyridine rings is 1. The summed E-state index contributed by atoms with van der Waals surface area (Å²) in [5, 5.41) is 0. The van der Waals surface area contributed by atoms with E-state index in [9.17, 15) is 4.79 Å². The Morgan fingerprint density at radius 1 is 1.19 bits per heavy atom. The third-order valence-corrected chi connectivity index (χ3v) is 4.80. The van der Waals surface area contributed by atoms with Gasteiger partial charge in [0.25, 0.3) is 5.91 Å². The van der Waals surface area contributed by atoms with Crippen LogP contribution >= 0.6 is 12.2 Å². The van der Waals surface area contributed by atoms with Crippen LogP contribution < -0.4 is 0 Å². The van der Waals surface area contributed by atoms with Gasteiger partial charge < -0.3 is 14.6 Å². The van der Waals surface area contributed by atoms with Crippen LogP contribution in [0.2, 0.25) is 0 Å². The molecule has 1 aromatic rings. The van der Waals surface area contributed by atoms with Crippen molar-refractivity contribution in [2.75, 3.05) is 13.1 Å². The topological polar surface area (TPSA) is 45.3 Å². The lowest BCUT2D eigenvalue weighted by Gasteiger charge is -2.33. The first kappa shape index (κ1) is 14.7. The van der Waals surface area contributed by atoms with Crippen molar-refractivity contribution in [1.82, 2.24) is 9.88 Å². The average Bonchev–Trinajstić information content (AvgIpc) is 3.01. The van der Waals surface area contributed by atoms with Crippen LogP contribution in [0.1, 0.15) is 48.9 Å². The number of carbonyl (C=O) groups is 1. The van der Waals surface area contributed by atoms with Crippen molar-refractivity contribution in [1.29, 1.82) is 0 Å². The molecule has 0 bridgehead atoms. The van der Waals surface area contributed by atoms with E-state index in [1.165, 1.54) is 25.7 Å². The molecule has 0 radical (unpaired) electrons. The molecule has 21 heavy (non-hydrogen) atoms. The van der Waals surface area contributed by atoms with Crippen molar-refractivity contribution in [2.24, 2.45) is 0 Å². The molecule has 1 aliphatic carbocycles. The summed E-state index contributed by atoms with van der Waals surface area (Å²) in [7, 11) is 0. The highest BCUT2D eigenvalue weighted by Crippen LogP contribution is 2.25. The number of nitrogens with zero attached hydrogens (tertiary/aromatic N) is 1. The summed E-state index contributed by atoms with van der Waals surface area (Å²) < 4.78 is 6.67. The van der Waals surface area contributed by atoms with Crippen molar-refractivity contribution in [3.05, 3.63) is 28.5 Å². The number of piperidine rings is 1. The number of carbonyl (C=O) groups excluding carboxylic acids is 1. The van der Waals surface area contributed by atoms with Crippen LogP contribution in [0.15, 0.2) is 18.3 Å². The Bertz CT molecular complexity index is 543. The summed E-state index contributed by atoms with van der Waals surface area (Å²) in [6.07, 6.45) is 9.42. The largest absolute Gasteiger partial charge is 0.375 e. The van der Waals surface area contributed by atoms with Crippen LogP contribution in [0.3, 0.4) is 0 Å². The second-order valence-electron chi connectivity index (χ2n) is 5.95. The minimum atomic E-state index is 0.0381. The predicted molar refractivity (Wildman–Crippen MR) is 83.9 cm³/mol. The van der Waals surface area contributed by atoms with Crippen molar-refractivity contribution in [3.63, 3.8) is 0 Å². The molecule has 2 aliphatic rings. The first-order valence-corrected chi connectivity index (χ1v) is 8.27. The molecule has 114 valence electrons. The smallest absolute Gasteiger partial charge is 0.256 e. The highest BCUT2D eigenvalue weighted by Gasteiger charge is 2.27. The molecule has 1 aliphatic heterocycles. The molecule has 1 saturated carbocycles. The molecule has 0 aromatic carbocycles.